The number of rotatable bonds is 9. The van der Waals surface area contributed by atoms with Gasteiger partial charge in [-0.2, -0.15) is 0 Å². The molecular formula is C15H32N2O. The van der Waals surface area contributed by atoms with E-state index in [1.54, 1.807) is 0 Å². The van der Waals surface area contributed by atoms with E-state index in [9.17, 15) is 0 Å². The molecule has 0 amide bonds. The number of morpholine rings is 1. The fourth-order valence-electron chi connectivity index (χ4n) is 2.55. The SMILES string of the molecule is CCCCCCCCCN1CCOC(C(C)N)C1. The number of nitrogens with two attached hydrogens (primary N) is 1. The minimum absolute atomic E-state index is 0.154. The van der Waals surface area contributed by atoms with Crippen LogP contribution in [0.1, 0.15) is 58.8 Å². The lowest BCUT2D eigenvalue weighted by molar-refractivity contribution is -0.0379. The van der Waals surface area contributed by atoms with Crippen molar-refractivity contribution in [3.63, 3.8) is 0 Å². The van der Waals surface area contributed by atoms with Crippen molar-refractivity contribution in [2.75, 3.05) is 26.2 Å². The van der Waals surface area contributed by atoms with Crippen LogP contribution in [0, 0.1) is 0 Å². The normalized spacial score (nSPS) is 23.2. The summed E-state index contributed by atoms with van der Waals surface area (Å²) in [6, 6.07) is 0.154. The van der Waals surface area contributed by atoms with Gasteiger partial charge in [-0.25, -0.2) is 0 Å². The second-order valence-corrected chi connectivity index (χ2v) is 5.69. The van der Waals surface area contributed by atoms with E-state index in [0.29, 0.717) is 0 Å². The fraction of sp³-hybridized carbons (Fsp3) is 1.00. The van der Waals surface area contributed by atoms with Gasteiger partial charge in [-0.3, -0.25) is 4.90 Å². The van der Waals surface area contributed by atoms with Crippen LogP contribution in [0.25, 0.3) is 0 Å². The molecule has 3 nitrogen and oxygen atoms in total. The van der Waals surface area contributed by atoms with Gasteiger partial charge in [0.15, 0.2) is 0 Å². The zero-order valence-electron chi connectivity index (χ0n) is 12.4. The molecule has 1 rings (SSSR count). The number of ether oxygens (including phenoxy) is 1. The first-order valence-corrected chi connectivity index (χ1v) is 7.83. The van der Waals surface area contributed by atoms with E-state index in [4.69, 9.17) is 10.5 Å². The third-order valence-electron chi connectivity index (χ3n) is 3.84. The first-order valence-electron chi connectivity index (χ1n) is 7.83. The minimum Gasteiger partial charge on any atom is -0.374 e. The van der Waals surface area contributed by atoms with Crippen molar-refractivity contribution in [1.29, 1.82) is 0 Å². The number of nitrogens with zero attached hydrogens (tertiary/aromatic N) is 1. The number of hydrogen-bond donors (Lipinski definition) is 1. The van der Waals surface area contributed by atoms with Crippen molar-refractivity contribution in [2.24, 2.45) is 5.73 Å². The predicted molar refractivity (Wildman–Crippen MR) is 77.8 cm³/mol. The molecule has 0 aromatic carbocycles. The summed E-state index contributed by atoms with van der Waals surface area (Å²) in [6.07, 6.45) is 9.93. The Morgan fingerprint density at radius 2 is 1.83 bits per heavy atom. The third-order valence-corrected chi connectivity index (χ3v) is 3.84. The Morgan fingerprint density at radius 3 is 2.50 bits per heavy atom. The van der Waals surface area contributed by atoms with Crippen LogP contribution in [-0.4, -0.2) is 43.3 Å². The Labute approximate surface area is 113 Å². The molecule has 18 heavy (non-hydrogen) atoms. The molecule has 0 saturated carbocycles. The molecule has 0 aromatic rings. The maximum Gasteiger partial charge on any atom is 0.0850 e. The highest BCUT2D eigenvalue weighted by atomic mass is 16.5. The first-order chi connectivity index (χ1) is 8.74. The van der Waals surface area contributed by atoms with Crippen LogP contribution in [0.15, 0.2) is 0 Å². The summed E-state index contributed by atoms with van der Waals surface area (Å²) in [5, 5.41) is 0. The van der Waals surface area contributed by atoms with Gasteiger partial charge in [-0.15, -0.1) is 0 Å². The van der Waals surface area contributed by atoms with E-state index in [2.05, 4.69) is 11.8 Å². The lowest BCUT2D eigenvalue weighted by Gasteiger charge is -2.34. The van der Waals surface area contributed by atoms with Gasteiger partial charge in [-0.05, 0) is 19.9 Å². The van der Waals surface area contributed by atoms with Crippen molar-refractivity contribution in [2.45, 2.75) is 70.9 Å². The van der Waals surface area contributed by atoms with Crippen LogP contribution in [0.2, 0.25) is 0 Å². The van der Waals surface area contributed by atoms with Crippen LogP contribution < -0.4 is 5.73 Å². The summed E-state index contributed by atoms with van der Waals surface area (Å²) >= 11 is 0. The van der Waals surface area contributed by atoms with Crippen LogP contribution in [0.5, 0.6) is 0 Å². The molecular weight excluding hydrogens is 224 g/mol. The highest BCUT2D eigenvalue weighted by molar-refractivity contribution is 4.77. The zero-order chi connectivity index (χ0) is 13.2. The molecule has 0 aliphatic carbocycles. The molecule has 0 radical (unpaired) electrons. The van der Waals surface area contributed by atoms with Crippen LogP contribution in [-0.2, 0) is 4.74 Å². The molecule has 2 unspecified atom stereocenters. The third kappa shape index (κ3) is 6.72. The predicted octanol–water partition coefficient (Wildman–Crippen LogP) is 2.79. The topological polar surface area (TPSA) is 38.5 Å². The summed E-state index contributed by atoms with van der Waals surface area (Å²) in [5.74, 6) is 0. The van der Waals surface area contributed by atoms with Crippen molar-refractivity contribution >= 4 is 0 Å². The van der Waals surface area contributed by atoms with Gasteiger partial charge in [0.2, 0.25) is 0 Å². The van der Waals surface area contributed by atoms with Gasteiger partial charge in [0, 0.05) is 19.1 Å². The highest BCUT2D eigenvalue weighted by Gasteiger charge is 2.22. The quantitative estimate of drug-likeness (QED) is 0.645. The van der Waals surface area contributed by atoms with E-state index >= 15 is 0 Å². The molecule has 0 aromatic heterocycles. The Kier molecular flexibility index (Phi) is 8.64. The molecule has 1 aliphatic rings. The van der Waals surface area contributed by atoms with Crippen molar-refractivity contribution in [3.8, 4) is 0 Å². The maximum atomic E-state index is 5.90. The summed E-state index contributed by atoms with van der Waals surface area (Å²) in [7, 11) is 0. The summed E-state index contributed by atoms with van der Waals surface area (Å²) in [5.41, 5.74) is 5.90. The molecule has 2 N–H and O–H groups in total. The first kappa shape index (κ1) is 15.9. The van der Waals surface area contributed by atoms with E-state index < -0.39 is 0 Å². The Balaban J connectivity index is 1.98. The van der Waals surface area contributed by atoms with Crippen molar-refractivity contribution in [3.05, 3.63) is 0 Å². The van der Waals surface area contributed by atoms with Gasteiger partial charge >= 0.3 is 0 Å². The molecule has 0 bridgehead atoms. The van der Waals surface area contributed by atoms with Gasteiger partial charge < -0.3 is 10.5 Å². The van der Waals surface area contributed by atoms with Crippen molar-refractivity contribution < 1.29 is 4.74 Å². The summed E-state index contributed by atoms with van der Waals surface area (Å²) < 4.78 is 5.67. The molecule has 3 heteroatoms. The lowest BCUT2D eigenvalue weighted by Crippen LogP contribution is -2.49. The monoisotopic (exact) mass is 256 g/mol. The van der Waals surface area contributed by atoms with Gasteiger partial charge in [-0.1, -0.05) is 45.4 Å². The largest absolute Gasteiger partial charge is 0.374 e. The molecule has 1 saturated heterocycles. The zero-order valence-corrected chi connectivity index (χ0v) is 12.4. The molecule has 1 heterocycles. The van der Waals surface area contributed by atoms with E-state index in [-0.39, 0.29) is 12.1 Å². The van der Waals surface area contributed by atoms with Crippen LogP contribution >= 0.6 is 0 Å². The lowest BCUT2D eigenvalue weighted by atomic mass is 10.1. The van der Waals surface area contributed by atoms with Crippen molar-refractivity contribution in [1.82, 2.24) is 4.90 Å². The Hall–Kier alpha value is -0.120. The summed E-state index contributed by atoms with van der Waals surface area (Å²) in [4.78, 5) is 2.52. The van der Waals surface area contributed by atoms with Gasteiger partial charge in [0.05, 0.1) is 12.7 Å². The molecule has 108 valence electrons. The Morgan fingerprint density at radius 1 is 1.17 bits per heavy atom. The summed E-state index contributed by atoms with van der Waals surface area (Å²) in [6.45, 7) is 8.49. The smallest absolute Gasteiger partial charge is 0.0850 e. The molecule has 2 atom stereocenters. The fourth-order valence-corrected chi connectivity index (χ4v) is 2.55. The molecule has 1 fully saturated rings. The van der Waals surface area contributed by atoms with E-state index in [1.165, 1.54) is 51.5 Å². The molecule has 0 spiro atoms. The number of hydrogen-bond acceptors (Lipinski definition) is 3. The maximum absolute atomic E-state index is 5.90. The Bertz CT molecular complexity index is 197. The van der Waals surface area contributed by atoms with Crippen LogP contribution in [0.3, 0.4) is 0 Å². The second-order valence-electron chi connectivity index (χ2n) is 5.69. The van der Waals surface area contributed by atoms with E-state index in [1.807, 2.05) is 6.92 Å². The number of unbranched alkanes of at least 4 members (excludes halogenated alkanes) is 6. The van der Waals surface area contributed by atoms with E-state index in [0.717, 1.165) is 19.7 Å². The average Bonchev–Trinajstić information content (AvgIpc) is 2.38. The average molecular weight is 256 g/mol. The second kappa shape index (κ2) is 9.76. The van der Waals surface area contributed by atoms with Gasteiger partial charge in [0.25, 0.3) is 0 Å². The minimum atomic E-state index is 0.154. The van der Waals surface area contributed by atoms with Crippen LogP contribution in [0.4, 0.5) is 0 Å². The van der Waals surface area contributed by atoms with Gasteiger partial charge in [0.1, 0.15) is 0 Å². The highest BCUT2D eigenvalue weighted by Crippen LogP contribution is 2.11. The standard InChI is InChI=1S/C15H32N2O/c1-3-4-5-6-7-8-9-10-17-11-12-18-15(13-17)14(2)16/h14-15H,3-13,16H2,1-2H3. The molecule has 1 aliphatic heterocycles.